The fourth-order valence-electron chi connectivity index (χ4n) is 2.57. The van der Waals surface area contributed by atoms with Crippen LogP contribution in [0.4, 0.5) is 5.69 Å². The Morgan fingerprint density at radius 1 is 1.37 bits per heavy atom. The van der Waals surface area contributed by atoms with E-state index in [2.05, 4.69) is 35.4 Å². The normalized spacial score (nSPS) is 14.3. The van der Waals surface area contributed by atoms with E-state index in [4.69, 9.17) is 18.0 Å². The van der Waals surface area contributed by atoms with Crippen molar-refractivity contribution in [1.82, 2.24) is 0 Å². The van der Waals surface area contributed by atoms with E-state index in [1.807, 2.05) is 17.4 Å². The molecule has 0 amide bonds. The number of thiophene rings is 1. The topological polar surface area (TPSA) is 29.3 Å². The van der Waals surface area contributed by atoms with E-state index in [-0.39, 0.29) is 0 Å². The molecule has 0 spiro atoms. The van der Waals surface area contributed by atoms with Gasteiger partial charge in [0.1, 0.15) is 4.99 Å². The largest absolute Gasteiger partial charge is 0.389 e. The summed E-state index contributed by atoms with van der Waals surface area (Å²) in [5.41, 5.74) is 10.7. The maximum absolute atomic E-state index is 5.85. The smallest absolute Gasteiger partial charge is 0.106 e. The Hall–Kier alpha value is -1.39. The minimum Gasteiger partial charge on any atom is -0.389 e. The van der Waals surface area contributed by atoms with Crippen molar-refractivity contribution >= 4 is 34.2 Å². The predicted octanol–water partition coefficient (Wildman–Crippen LogP) is 3.25. The number of fused-ring (bicyclic) bond motifs is 1. The third-order valence-corrected chi connectivity index (χ3v) is 4.81. The maximum atomic E-state index is 5.85. The van der Waals surface area contributed by atoms with Crippen LogP contribution in [-0.4, -0.2) is 11.5 Å². The zero-order valence-corrected chi connectivity index (χ0v) is 12.5. The first kappa shape index (κ1) is 12.6. The van der Waals surface area contributed by atoms with Gasteiger partial charge in [-0.05, 0) is 48.1 Å². The first-order valence-corrected chi connectivity index (χ1v) is 7.64. The predicted molar refractivity (Wildman–Crippen MR) is 86.1 cm³/mol. The minimum atomic E-state index is 0.478. The van der Waals surface area contributed by atoms with E-state index < -0.39 is 0 Å². The number of anilines is 1. The van der Waals surface area contributed by atoms with Crippen LogP contribution >= 0.6 is 23.6 Å². The molecule has 0 atom stereocenters. The fraction of sp³-hybridized carbons (Fsp3) is 0.267. The molecule has 0 saturated heterocycles. The van der Waals surface area contributed by atoms with Crippen LogP contribution < -0.4 is 10.6 Å². The third-order valence-electron chi connectivity index (χ3n) is 3.57. The molecule has 1 aromatic heterocycles. The van der Waals surface area contributed by atoms with Gasteiger partial charge >= 0.3 is 0 Å². The Kier molecular flexibility index (Phi) is 3.29. The van der Waals surface area contributed by atoms with Gasteiger partial charge < -0.3 is 10.6 Å². The zero-order valence-electron chi connectivity index (χ0n) is 10.8. The standard InChI is InChI=1S/C15H16N2S2/c1-10-2-3-12(15(16)18)13(8-10)17-6-4-14-11(9-17)5-7-19-14/h2-3,5,7-8H,4,6,9H2,1H3,(H2,16,18). The Labute approximate surface area is 122 Å². The Morgan fingerprint density at radius 3 is 3.00 bits per heavy atom. The second-order valence-corrected chi connectivity index (χ2v) is 6.37. The molecule has 3 rings (SSSR count). The van der Waals surface area contributed by atoms with Gasteiger partial charge in [-0.2, -0.15) is 0 Å². The molecule has 19 heavy (non-hydrogen) atoms. The SMILES string of the molecule is Cc1ccc(C(N)=S)c(N2CCc3sccc3C2)c1. The van der Waals surface area contributed by atoms with Crippen LogP contribution in [0.25, 0.3) is 0 Å². The van der Waals surface area contributed by atoms with E-state index in [0.29, 0.717) is 4.99 Å². The molecular weight excluding hydrogens is 272 g/mol. The van der Waals surface area contributed by atoms with E-state index in [1.54, 1.807) is 0 Å². The average Bonchev–Trinajstić information content (AvgIpc) is 2.85. The molecule has 1 aromatic carbocycles. The van der Waals surface area contributed by atoms with Crippen LogP contribution in [0.5, 0.6) is 0 Å². The van der Waals surface area contributed by atoms with E-state index in [1.165, 1.54) is 21.7 Å². The third kappa shape index (κ3) is 2.38. The summed E-state index contributed by atoms with van der Waals surface area (Å²) < 4.78 is 0. The van der Waals surface area contributed by atoms with Crippen molar-refractivity contribution in [3.05, 3.63) is 51.2 Å². The molecule has 2 N–H and O–H groups in total. The maximum Gasteiger partial charge on any atom is 0.106 e. The minimum absolute atomic E-state index is 0.478. The lowest BCUT2D eigenvalue weighted by Gasteiger charge is -2.31. The van der Waals surface area contributed by atoms with Crippen molar-refractivity contribution in [2.45, 2.75) is 19.9 Å². The summed E-state index contributed by atoms with van der Waals surface area (Å²) in [4.78, 5) is 4.38. The lowest BCUT2D eigenvalue weighted by atomic mass is 10.0. The van der Waals surface area contributed by atoms with Crippen molar-refractivity contribution < 1.29 is 0 Å². The summed E-state index contributed by atoms with van der Waals surface area (Å²) in [6, 6.07) is 8.52. The number of aryl methyl sites for hydroxylation is 1. The van der Waals surface area contributed by atoms with Crippen LogP contribution in [0.3, 0.4) is 0 Å². The Morgan fingerprint density at radius 2 is 2.21 bits per heavy atom. The van der Waals surface area contributed by atoms with Crippen molar-refractivity contribution in [1.29, 1.82) is 0 Å². The molecule has 1 aliphatic heterocycles. The van der Waals surface area contributed by atoms with Crippen LogP contribution in [0.15, 0.2) is 29.6 Å². The van der Waals surface area contributed by atoms with Gasteiger partial charge in [-0.1, -0.05) is 18.3 Å². The second-order valence-electron chi connectivity index (χ2n) is 4.93. The van der Waals surface area contributed by atoms with Crippen LogP contribution in [0, 0.1) is 6.92 Å². The van der Waals surface area contributed by atoms with Crippen molar-refractivity contribution in [3.63, 3.8) is 0 Å². The second kappa shape index (κ2) is 4.94. The molecule has 0 aliphatic carbocycles. The summed E-state index contributed by atoms with van der Waals surface area (Å²) in [5.74, 6) is 0. The van der Waals surface area contributed by atoms with Gasteiger partial charge in [0, 0.05) is 29.2 Å². The molecule has 0 bridgehead atoms. The number of nitrogens with two attached hydrogens (primary N) is 1. The number of hydrogen-bond acceptors (Lipinski definition) is 3. The molecule has 2 nitrogen and oxygen atoms in total. The molecule has 2 heterocycles. The molecule has 0 radical (unpaired) electrons. The molecule has 0 fully saturated rings. The summed E-state index contributed by atoms with van der Waals surface area (Å²) in [7, 11) is 0. The van der Waals surface area contributed by atoms with Gasteiger partial charge in [0.25, 0.3) is 0 Å². The Bertz CT molecular complexity index is 631. The lowest BCUT2D eigenvalue weighted by molar-refractivity contribution is 0.743. The molecule has 0 saturated carbocycles. The van der Waals surface area contributed by atoms with Gasteiger partial charge in [0.2, 0.25) is 0 Å². The highest BCUT2D eigenvalue weighted by Crippen LogP contribution is 2.30. The highest BCUT2D eigenvalue weighted by molar-refractivity contribution is 7.80. The van der Waals surface area contributed by atoms with Gasteiger partial charge in [0.05, 0.1) is 0 Å². The lowest BCUT2D eigenvalue weighted by Crippen LogP contribution is -2.31. The number of rotatable bonds is 2. The average molecular weight is 288 g/mol. The molecule has 0 unspecified atom stereocenters. The van der Waals surface area contributed by atoms with E-state index in [0.717, 1.165) is 25.1 Å². The zero-order chi connectivity index (χ0) is 13.4. The first-order valence-electron chi connectivity index (χ1n) is 6.36. The summed E-state index contributed by atoms with van der Waals surface area (Å²) >= 11 is 7.04. The monoisotopic (exact) mass is 288 g/mol. The summed E-state index contributed by atoms with van der Waals surface area (Å²) in [5, 5.41) is 2.18. The fourth-order valence-corrected chi connectivity index (χ4v) is 3.63. The summed E-state index contributed by atoms with van der Waals surface area (Å²) in [6.45, 7) is 4.09. The highest BCUT2D eigenvalue weighted by atomic mass is 32.1. The van der Waals surface area contributed by atoms with Crippen molar-refractivity contribution in [3.8, 4) is 0 Å². The highest BCUT2D eigenvalue weighted by Gasteiger charge is 2.20. The van der Waals surface area contributed by atoms with E-state index >= 15 is 0 Å². The molecule has 1 aliphatic rings. The number of benzene rings is 1. The quantitative estimate of drug-likeness (QED) is 0.860. The number of thiocarbonyl (C=S) groups is 1. The molecule has 98 valence electrons. The van der Waals surface area contributed by atoms with Crippen LogP contribution in [-0.2, 0) is 13.0 Å². The molecule has 2 aromatic rings. The molecular formula is C15H16N2S2. The Balaban J connectivity index is 1.99. The van der Waals surface area contributed by atoms with Gasteiger partial charge in [0.15, 0.2) is 0 Å². The molecule has 4 heteroatoms. The van der Waals surface area contributed by atoms with Crippen LogP contribution in [0.2, 0.25) is 0 Å². The van der Waals surface area contributed by atoms with Crippen LogP contribution in [0.1, 0.15) is 21.6 Å². The first-order chi connectivity index (χ1) is 9.15. The van der Waals surface area contributed by atoms with Crippen molar-refractivity contribution in [2.75, 3.05) is 11.4 Å². The number of hydrogen-bond donors (Lipinski definition) is 1. The van der Waals surface area contributed by atoms with Gasteiger partial charge in [-0.3, -0.25) is 0 Å². The van der Waals surface area contributed by atoms with Gasteiger partial charge in [-0.25, -0.2) is 0 Å². The van der Waals surface area contributed by atoms with E-state index in [9.17, 15) is 0 Å². The van der Waals surface area contributed by atoms with Crippen molar-refractivity contribution in [2.24, 2.45) is 5.73 Å². The van der Waals surface area contributed by atoms with Gasteiger partial charge in [-0.15, -0.1) is 11.3 Å². The summed E-state index contributed by atoms with van der Waals surface area (Å²) in [6.07, 6.45) is 1.11. The number of nitrogens with zero attached hydrogens (tertiary/aromatic N) is 1.